The lowest BCUT2D eigenvalue weighted by molar-refractivity contribution is 0.122. The summed E-state index contributed by atoms with van der Waals surface area (Å²) in [6, 6.07) is 2.55. The second-order valence-electron chi connectivity index (χ2n) is 6.85. The normalized spacial score (nSPS) is 22.6. The molecular weight excluding hydrogens is 304 g/mol. The number of hydrogen-bond acceptors (Lipinski definition) is 7. The van der Waals surface area contributed by atoms with E-state index in [-0.39, 0.29) is 0 Å². The molecule has 0 amide bonds. The number of likely N-dealkylation sites (N-methyl/N-ethyl adjacent to an activating group) is 1. The van der Waals surface area contributed by atoms with Gasteiger partial charge in [0.25, 0.3) is 0 Å². The third-order valence-electron chi connectivity index (χ3n) is 5.07. The Morgan fingerprint density at radius 1 is 1.25 bits per heavy atom. The van der Waals surface area contributed by atoms with Crippen LogP contribution in [0.2, 0.25) is 0 Å². The fourth-order valence-electron chi connectivity index (χ4n) is 3.42. The minimum atomic E-state index is 0.527. The molecule has 2 aliphatic rings. The zero-order valence-corrected chi connectivity index (χ0v) is 14.9. The third kappa shape index (κ3) is 4.27. The highest BCUT2D eigenvalue weighted by molar-refractivity contribution is 5.52. The summed E-state index contributed by atoms with van der Waals surface area (Å²) >= 11 is 0. The first-order valence-electron chi connectivity index (χ1n) is 9.06. The Balaban J connectivity index is 1.63. The lowest BCUT2D eigenvalue weighted by Crippen LogP contribution is -2.42. The van der Waals surface area contributed by atoms with Crippen LogP contribution in [0.25, 0.3) is 0 Å². The van der Waals surface area contributed by atoms with E-state index < -0.39 is 0 Å². The number of rotatable bonds is 5. The molecule has 0 unspecified atom stereocenters. The number of aromatic nitrogens is 2. The van der Waals surface area contributed by atoms with Gasteiger partial charge in [-0.25, -0.2) is 0 Å². The molecule has 24 heavy (non-hydrogen) atoms. The fraction of sp³-hybridized carbons (Fsp3) is 0.765. The molecule has 7 heteroatoms. The molecule has 3 heterocycles. The molecule has 7 nitrogen and oxygen atoms in total. The van der Waals surface area contributed by atoms with Gasteiger partial charge in [0.2, 0.25) is 5.95 Å². The highest BCUT2D eigenvalue weighted by atomic mass is 16.5. The van der Waals surface area contributed by atoms with Crippen molar-refractivity contribution < 1.29 is 4.74 Å². The second kappa shape index (κ2) is 7.98. The van der Waals surface area contributed by atoms with Gasteiger partial charge in [-0.2, -0.15) is 9.97 Å². The topological polar surface area (TPSA) is 70.8 Å². The van der Waals surface area contributed by atoms with Crippen molar-refractivity contribution in [2.24, 2.45) is 0 Å². The summed E-state index contributed by atoms with van der Waals surface area (Å²) in [6.45, 7) is 8.62. The molecule has 0 aliphatic carbocycles. The first-order chi connectivity index (χ1) is 11.6. The summed E-state index contributed by atoms with van der Waals surface area (Å²) in [5.41, 5.74) is 6.02. The van der Waals surface area contributed by atoms with Crippen molar-refractivity contribution in [3.63, 3.8) is 0 Å². The van der Waals surface area contributed by atoms with Crippen LogP contribution in [0.1, 0.15) is 26.2 Å². The van der Waals surface area contributed by atoms with E-state index in [1.54, 1.807) is 0 Å². The van der Waals surface area contributed by atoms with E-state index in [1.807, 2.05) is 6.07 Å². The number of anilines is 3. The van der Waals surface area contributed by atoms with Crippen LogP contribution in [0, 0.1) is 0 Å². The Bertz CT molecular complexity index is 534. The van der Waals surface area contributed by atoms with Crippen LogP contribution in [-0.2, 0) is 4.74 Å². The van der Waals surface area contributed by atoms with Gasteiger partial charge in [-0.3, -0.25) is 4.90 Å². The molecule has 2 N–H and O–H groups in total. The Morgan fingerprint density at radius 2 is 2.04 bits per heavy atom. The molecule has 0 aromatic carbocycles. The van der Waals surface area contributed by atoms with Crippen molar-refractivity contribution in [2.75, 3.05) is 68.5 Å². The Hall–Kier alpha value is -1.60. The summed E-state index contributed by atoms with van der Waals surface area (Å²) < 4.78 is 5.40. The van der Waals surface area contributed by atoms with Crippen LogP contribution in [-0.4, -0.2) is 73.9 Å². The van der Waals surface area contributed by atoms with Gasteiger partial charge in [0.1, 0.15) is 11.6 Å². The SMILES string of the molecule is C[C@H]1CCCCN1CCN(C)c1cc(N)nc(N2CCOCC2)n1. The van der Waals surface area contributed by atoms with Gasteiger partial charge in [0.15, 0.2) is 0 Å². The van der Waals surface area contributed by atoms with Crippen LogP contribution >= 0.6 is 0 Å². The van der Waals surface area contributed by atoms with Gasteiger partial charge in [0, 0.05) is 45.3 Å². The van der Waals surface area contributed by atoms with E-state index in [2.05, 4.69) is 33.7 Å². The smallest absolute Gasteiger partial charge is 0.229 e. The van der Waals surface area contributed by atoms with Gasteiger partial charge in [-0.1, -0.05) is 6.42 Å². The number of nitrogens with zero attached hydrogens (tertiary/aromatic N) is 5. The molecule has 1 aromatic heterocycles. The maximum Gasteiger partial charge on any atom is 0.229 e. The average molecular weight is 334 g/mol. The summed E-state index contributed by atoms with van der Waals surface area (Å²) in [7, 11) is 2.08. The summed E-state index contributed by atoms with van der Waals surface area (Å²) in [5, 5.41) is 0. The van der Waals surface area contributed by atoms with E-state index in [0.29, 0.717) is 17.8 Å². The highest BCUT2D eigenvalue weighted by Crippen LogP contribution is 2.20. The van der Waals surface area contributed by atoms with Crippen molar-refractivity contribution in [1.29, 1.82) is 0 Å². The molecule has 3 rings (SSSR count). The molecule has 0 spiro atoms. The lowest BCUT2D eigenvalue weighted by atomic mass is 10.0. The van der Waals surface area contributed by atoms with Gasteiger partial charge >= 0.3 is 0 Å². The molecular formula is C17H30N6O. The van der Waals surface area contributed by atoms with Crippen LogP contribution in [0.5, 0.6) is 0 Å². The number of nitrogen functional groups attached to an aromatic ring is 1. The number of likely N-dealkylation sites (tertiary alicyclic amines) is 1. The van der Waals surface area contributed by atoms with Crippen molar-refractivity contribution in [2.45, 2.75) is 32.2 Å². The van der Waals surface area contributed by atoms with Crippen molar-refractivity contribution in [3.05, 3.63) is 6.07 Å². The fourth-order valence-corrected chi connectivity index (χ4v) is 3.42. The average Bonchev–Trinajstić information content (AvgIpc) is 2.61. The molecule has 134 valence electrons. The number of morpholine rings is 1. The van der Waals surface area contributed by atoms with E-state index in [1.165, 1.54) is 25.8 Å². The Kier molecular flexibility index (Phi) is 5.73. The zero-order valence-electron chi connectivity index (χ0n) is 14.9. The molecule has 1 atom stereocenters. The van der Waals surface area contributed by atoms with Crippen molar-refractivity contribution >= 4 is 17.6 Å². The quantitative estimate of drug-likeness (QED) is 0.868. The van der Waals surface area contributed by atoms with Gasteiger partial charge in [-0.05, 0) is 26.3 Å². The molecule has 0 radical (unpaired) electrons. The van der Waals surface area contributed by atoms with Crippen molar-refractivity contribution in [3.8, 4) is 0 Å². The maximum absolute atomic E-state index is 6.02. The first kappa shape index (κ1) is 17.2. The number of piperidine rings is 1. The van der Waals surface area contributed by atoms with Gasteiger partial charge in [0.05, 0.1) is 13.2 Å². The lowest BCUT2D eigenvalue weighted by Gasteiger charge is -2.34. The molecule has 2 fully saturated rings. The summed E-state index contributed by atoms with van der Waals surface area (Å²) in [4.78, 5) is 16.0. The van der Waals surface area contributed by atoms with Gasteiger partial charge < -0.3 is 20.3 Å². The summed E-state index contributed by atoms with van der Waals surface area (Å²) in [5.74, 6) is 2.14. The molecule has 0 bridgehead atoms. The Labute approximate surface area is 144 Å². The third-order valence-corrected chi connectivity index (χ3v) is 5.07. The number of nitrogens with two attached hydrogens (primary N) is 1. The predicted molar refractivity (Wildman–Crippen MR) is 97.6 cm³/mol. The highest BCUT2D eigenvalue weighted by Gasteiger charge is 2.19. The summed E-state index contributed by atoms with van der Waals surface area (Å²) in [6.07, 6.45) is 3.99. The number of ether oxygens (including phenoxy) is 1. The van der Waals surface area contributed by atoms with E-state index in [9.17, 15) is 0 Å². The van der Waals surface area contributed by atoms with Crippen molar-refractivity contribution in [1.82, 2.24) is 14.9 Å². The minimum absolute atomic E-state index is 0.527. The monoisotopic (exact) mass is 334 g/mol. The Morgan fingerprint density at radius 3 is 2.79 bits per heavy atom. The van der Waals surface area contributed by atoms with Gasteiger partial charge in [-0.15, -0.1) is 0 Å². The van der Waals surface area contributed by atoms with Crippen LogP contribution in [0.4, 0.5) is 17.6 Å². The first-order valence-corrected chi connectivity index (χ1v) is 9.06. The zero-order chi connectivity index (χ0) is 16.9. The minimum Gasteiger partial charge on any atom is -0.383 e. The van der Waals surface area contributed by atoms with E-state index >= 15 is 0 Å². The van der Waals surface area contributed by atoms with Crippen LogP contribution in [0.3, 0.4) is 0 Å². The molecule has 2 aliphatic heterocycles. The van der Waals surface area contributed by atoms with Crippen LogP contribution < -0.4 is 15.5 Å². The molecule has 2 saturated heterocycles. The number of hydrogen-bond donors (Lipinski definition) is 1. The largest absolute Gasteiger partial charge is 0.383 e. The predicted octanol–water partition coefficient (Wildman–Crippen LogP) is 1.21. The van der Waals surface area contributed by atoms with E-state index in [4.69, 9.17) is 15.5 Å². The maximum atomic E-state index is 6.02. The van der Waals surface area contributed by atoms with Crippen LogP contribution in [0.15, 0.2) is 6.07 Å². The van der Waals surface area contributed by atoms with E-state index in [0.717, 1.165) is 45.2 Å². The second-order valence-corrected chi connectivity index (χ2v) is 6.85. The molecule has 1 aromatic rings. The molecule has 0 saturated carbocycles. The standard InChI is InChI=1S/C17H30N6O/c1-14-5-3-4-6-22(14)8-7-21(2)16-13-15(18)19-17(20-16)23-9-11-24-12-10-23/h13-14H,3-12H2,1-2H3,(H2,18,19,20)/t14-/m0/s1.